The third-order valence-corrected chi connectivity index (χ3v) is 3.58. The normalized spacial score (nSPS) is 11.9. The third-order valence-electron chi connectivity index (χ3n) is 3.58. The molecule has 0 aliphatic rings. The Kier molecular flexibility index (Phi) is 4.42. The number of hydrogen-bond acceptors (Lipinski definition) is 4. The molecule has 0 saturated heterocycles. The summed E-state index contributed by atoms with van der Waals surface area (Å²) in [5.74, 6) is -0.0957. The van der Waals surface area contributed by atoms with Gasteiger partial charge in [-0.2, -0.15) is 5.10 Å². The van der Waals surface area contributed by atoms with Crippen LogP contribution in [0.15, 0.2) is 61.4 Å². The lowest BCUT2D eigenvalue weighted by Gasteiger charge is -2.14. The number of pyridine rings is 1. The summed E-state index contributed by atoms with van der Waals surface area (Å²) < 4.78 is 1.74. The summed E-state index contributed by atoms with van der Waals surface area (Å²) in [7, 11) is 0. The van der Waals surface area contributed by atoms with Gasteiger partial charge in [0, 0.05) is 18.0 Å². The van der Waals surface area contributed by atoms with E-state index in [2.05, 4.69) is 20.4 Å². The Morgan fingerprint density at radius 1 is 1.13 bits per heavy atom. The molecule has 0 spiro atoms. The molecule has 0 aliphatic carbocycles. The Labute approximate surface area is 134 Å². The van der Waals surface area contributed by atoms with Gasteiger partial charge in [-0.05, 0) is 42.3 Å². The summed E-state index contributed by atoms with van der Waals surface area (Å²) in [6.07, 6.45) is 6.60. The first-order valence-electron chi connectivity index (χ1n) is 7.34. The Morgan fingerprint density at radius 3 is 2.52 bits per heavy atom. The molecule has 23 heavy (non-hydrogen) atoms. The molecule has 1 aromatic carbocycles. The van der Waals surface area contributed by atoms with Crippen molar-refractivity contribution in [3.63, 3.8) is 0 Å². The molecule has 0 bridgehead atoms. The van der Waals surface area contributed by atoms with Crippen LogP contribution in [0.3, 0.4) is 0 Å². The van der Waals surface area contributed by atoms with E-state index >= 15 is 0 Å². The van der Waals surface area contributed by atoms with Crippen LogP contribution in [-0.2, 0) is 6.54 Å². The van der Waals surface area contributed by atoms with Gasteiger partial charge in [0.15, 0.2) is 0 Å². The molecule has 6 heteroatoms. The van der Waals surface area contributed by atoms with E-state index in [1.165, 1.54) is 6.33 Å². The molecule has 116 valence electrons. The summed E-state index contributed by atoms with van der Waals surface area (Å²) in [5.41, 5.74) is 2.72. The quantitative estimate of drug-likeness (QED) is 0.784. The number of aromatic nitrogens is 4. The minimum absolute atomic E-state index is 0.0691. The highest BCUT2D eigenvalue weighted by Gasteiger charge is 2.11. The molecule has 1 unspecified atom stereocenters. The molecule has 1 amide bonds. The van der Waals surface area contributed by atoms with E-state index in [0.29, 0.717) is 12.1 Å². The minimum Gasteiger partial charge on any atom is -0.346 e. The molecule has 1 N–H and O–H groups in total. The van der Waals surface area contributed by atoms with E-state index in [-0.39, 0.29) is 11.9 Å². The van der Waals surface area contributed by atoms with Crippen molar-refractivity contribution in [1.29, 1.82) is 0 Å². The van der Waals surface area contributed by atoms with Crippen LogP contribution in [0.5, 0.6) is 0 Å². The lowest BCUT2D eigenvalue weighted by atomic mass is 10.1. The van der Waals surface area contributed by atoms with Crippen molar-refractivity contribution in [3.8, 4) is 0 Å². The van der Waals surface area contributed by atoms with Crippen LogP contribution in [0.4, 0.5) is 0 Å². The van der Waals surface area contributed by atoms with E-state index < -0.39 is 0 Å². The summed E-state index contributed by atoms with van der Waals surface area (Å²) in [5, 5.41) is 7.05. The highest BCUT2D eigenvalue weighted by atomic mass is 16.1. The lowest BCUT2D eigenvalue weighted by molar-refractivity contribution is 0.0940. The number of benzene rings is 1. The van der Waals surface area contributed by atoms with Gasteiger partial charge in [-0.15, -0.1) is 0 Å². The molecule has 0 fully saturated rings. The molecule has 6 nitrogen and oxygen atoms in total. The third kappa shape index (κ3) is 3.79. The predicted molar refractivity (Wildman–Crippen MR) is 85.7 cm³/mol. The number of amides is 1. The van der Waals surface area contributed by atoms with Crippen LogP contribution >= 0.6 is 0 Å². The molecule has 1 atom stereocenters. The van der Waals surface area contributed by atoms with Crippen LogP contribution in [0.1, 0.15) is 34.5 Å². The van der Waals surface area contributed by atoms with Gasteiger partial charge in [-0.25, -0.2) is 9.67 Å². The molecular formula is C17H17N5O. The highest BCUT2D eigenvalue weighted by molar-refractivity contribution is 5.94. The van der Waals surface area contributed by atoms with Crippen molar-refractivity contribution < 1.29 is 4.79 Å². The maximum atomic E-state index is 12.3. The van der Waals surface area contributed by atoms with E-state index in [1.807, 2.05) is 43.3 Å². The zero-order valence-corrected chi connectivity index (χ0v) is 12.8. The smallest absolute Gasteiger partial charge is 0.251 e. The average Bonchev–Trinajstić information content (AvgIpc) is 3.09. The van der Waals surface area contributed by atoms with E-state index in [1.54, 1.807) is 23.4 Å². The second kappa shape index (κ2) is 6.83. The van der Waals surface area contributed by atoms with E-state index in [4.69, 9.17) is 0 Å². The Bertz CT molecular complexity index is 753. The van der Waals surface area contributed by atoms with Crippen molar-refractivity contribution in [3.05, 3.63) is 78.1 Å². The Balaban J connectivity index is 1.63. The van der Waals surface area contributed by atoms with Crippen molar-refractivity contribution in [2.75, 3.05) is 0 Å². The first kappa shape index (κ1) is 14.9. The number of carbonyl (C=O) groups is 1. The van der Waals surface area contributed by atoms with Gasteiger partial charge in [0.05, 0.1) is 12.6 Å². The fraction of sp³-hybridized carbons (Fsp3) is 0.176. The van der Waals surface area contributed by atoms with Gasteiger partial charge in [0.2, 0.25) is 0 Å². The first-order chi connectivity index (χ1) is 11.2. The Hall–Kier alpha value is -3.02. The molecule has 2 heterocycles. The van der Waals surface area contributed by atoms with E-state index in [9.17, 15) is 4.79 Å². The monoisotopic (exact) mass is 307 g/mol. The van der Waals surface area contributed by atoms with Gasteiger partial charge >= 0.3 is 0 Å². The number of rotatable bonds is 5. The molecule has 2 aromatic heterocycles. The van der Waals surface area contributed by atoms with Gasteiger partial charge < -0.3 is 5.32 Å². The molecular weight excluding hydrogens is 290 g/mol. The standard InChI is InChI=1S/C17H17N5O/c1-13(15-6-8-18-9-7-15)21-17(23)16-4-2-14(3-5-16)10-22-12-19-11-20-22/h2-9,11-13H,10H2,1H3,(H,21,23). The minimum atomic E-state index is -0.0957. The summed E-state index contributed by atoms with van der Waals surface area (Å²) in [6.45, 7) is 2.58. The summed E-state index contributed by atoms with van der Waals surface area (Å²) >= 11 is 0. The van der Waals surface area contributed by atoms with E-state index in [0.717, 1.165) is 11.1 Å². The molecule has 0 radical (unpaired) electrons. The summed E-state index contributed by atoms with van der Waals surface area (Å²) in [6, 6.07) is 11.2. The SMILES string of the molecule is CC(NC(=O)c1ccc(Cn2cncn2)cc1)c1ccncc1. The number of hydrogen-bond donors (Lipinski definition) is 1. The Morgan fingerprint density at radius 2 is 1.87 bits per heavy atom. The molecule has 3 aromatic rings. The number of carbonyl (C=O) groups excluding carboxylic acids is 1. The lowest BCUT2D eigenvalue weighted by Crippen LogP contribution is -2.26. The van der Waals surface area contributed by atoms with Gasteiger partial charge in [-0.3, -0.25) is 9.78 Å². The zero-order valence-electron chi connectivity index (χ0n) is 12.8. The van der Waals surface area contributed by atoms with Crippen molar-refractivity contribution >= 4 is 5.91 Å². The zero-order chi connectivity index (χ0) is 16.1. The predicted octanol–water partition coefficient (Wildman–Crippen LogP) is 2.21. The van der Waals surface area contributed by atoms with Crippen molar-refractivity contribution in [2.45, 2.75) is 19.5 Å². The second-order valence-electron chi connectivity index (χ2n) is 5.27. The summed E-state index contributed by atoms with van der Waals surface area (Å²) in [4.78, 5) is 20.2. The van der Waals surface area contributed by atoms with Crippen LogP contribution in [0.25, 0.3) is 0 Å². The van der Waals surface area contributed by atoms with Crippen LogP contribution in [0.2, 0.25) is 0 Å². The molecule has 3 rings (SSSR count). The van der Waals surface area contributed by atoms with Crippen LogP contribution < -0.4 is 5.32 Å². The van der Waals surface area contributed by atoms with Crippen molar-refractivity contribution in [1.82, 2.24) is 25.1 Å². The second-order valence-corrected chi connectivity index (χ2v) is 5.27. The first-order valence-corrected chi connectivity index (χ1v) is 7.34. The van der Waals surface area contributed by atoms with Gasteiger partial charge in [0.25, 0.3) is 5.91 Å². The highest BCUT2D eigenvalue weighted by Crippen LogP contribution is 2.12. The van der Waals surface area contributed by atoms with Crippen molar-refractivity contribution in [2.24, 2.45) is 0 Å². The van der Waals surface area contributed by atoms with Crippen LogP contribution in [-0.4, -0.2) is 25.7 Å². The topological polar surface area (TPSA) is 72.7 Å². The largest absolute Gasteiger partial charge is 0.346 e. The average molecular weight is 307 g/mol. The van der Waals surface area contributed by atoms with Crippen LogP contribution in [0, 0.1) is 0 Å². The van der Waals surface area contributed by atoms with Gasteiger partial charge in [0.1, 0.15) is 12.7 Å². The molecule has 0 saturated carbocycles. The number of nitrogens with one attached hydrogen (secondary N) is 1. The molecule has 0 aliphatic heterocycles. The fourth-order valence-corrected chi connectivity index (χ4v) is 2.28. The fourth-order valence-electron chi connectivity index (χ4n) is 2.28. The van der Waals surface area contributed by atoms with Gasteiger partial charge in [-0.1, -0.05) is 12.1 Å². The number of nitrogens with zero attached hydrogens (tertiary/aromatic N) is 4. The maximum Gasteiger partial charge on any atom is 0.251 e. The maximum absolute atomic E-state index is 12.3.